The molecule has 5 heteroatoms. The maximum Gasteiger partial charge on any atom is 0.244 e. The zero-order valence-corrected chi connectivity index (χ0v) is 14.5. The lowest BCUT2D eigenvalue weighted by molar-refractivity contribution is 0.412. The molecule has 1 atom stereocenters. The zero-order valence-electron chi connectivity index (χ0n) is 12.8. The quantitative estimate of drug-likeness (QED) is 0.616. The molecule has 0 aliphatic carbocycles. The van der Waals surface area contributed by atoms with Gasteiger partial charge in [-0.25, -0.2) is 8.42 Å². The first-order valence-corrected chi connectivity index (χ1v) is 9.32. The minimum Gasteiger partial charge on any atom is -0.207 e. The van der Waals surface area contributed by atoms with E-state index in [4.69, 9.17) is 0 Å². The Morgan fingerprint density at radius 1 is 1.33 bits per heavy atom. The number of nitrogens with zero attached hydrogens (tertiary/aromatic N) is 1. The third kappa shape index (κ3) is 4.92. The van der Waals surface area contributed by atoms with Gasteiger partial charge in [-0.2, -0.15) is 4.31 Å². The molecule has 0 amide bonds. The summed E-state index contributed by atoms with van der Waals surface area (Å²) in [6.07, 6.45) is 5.57. The second-order valence-electron chi connectivity index (χ2n) is 4.61. The highest BCUT2D eigenvalue weighted by Gasteiger charge is 2.27. The third-order valence-corrected chi connectivity index (χ3v) is 5.26. The van der Waals surface area contributed by atoms with E-state index in [1.807, 2.05) is 39.2 Å². The van der Waals surface area contributed by atoms with E-state index in [2.05, 4.69) is 11.2 Å². The number of hydrogen-bond donors (Lipinski definition) is 0. The van der Waals surface area contributed by atoms with Crippen molar-refractivity contribution in [2.24, 2.45) is 0 Å². The summed E-state index contributed by atoms with van der Waals surface area (Å²) < 4.78 is 27.0. The van der Waals surface area contributed by atoms with Gasteiger partial charge in [-0.15, -0.1) is 0 Å². The second kappa shape index (κ2) is 8.28. The zero-order chi connectivity index (χ0) is 15.9. The molecule has 0 aromatic heterocycles. The molecule has 0 saturated heterocycles. The Morgan fingerprint density at radius 3 is 2.48 bits per heavy atom. The summed E-state index contributed by atoms with van der Waals surface area (Å²) in [7, 11) is -3.55. The summed E-state index contributed by atoms with van der Waals surface area (Å²) >= 11 is 1.38. The molecule has 1 unspecified atom stereocenters. The molecular formula is C16H21NO2S2. The second-order valence-corrected chi connectivity index (χ2v) is 7.12. The molecule has 1 aromatic carbocycles. The highest BCUT2D eigenvalue weighted by Crippen LogP contribution is 2.19. The standard InChI is InChI=1S/C16H21NO2S2/c1-5-7-15(3)17(12-6-13-20-4)21(18,19)16-10-8-14(2)9-11-16/h5,7-11,15H,12H2,1-4H3/b7-5+. The van der Waals surface area contributed by atoms with Crippen molar-refractivity contribution >= 4 is 21.8 Å². The first kappa shape index (κ1) is 17.8. The van der Waals surface area contributed by atoms with E-state index in [9.17, 15) is 8.42 Å². The topological polar surface area (TPSA) is 37.4 Å². The summed E-state index contributed by atoms with van der Waals surface area (Å²) in [6.45, 7) is 5.84. The normalized spacial score (nSPS) is 13.2. The van der Waals surface area contributed by atoms with Crippen LogP contribution >= 0.6 is 11.8 Å². The van der Waals surface area contributed by atoms with E-state index in [-0.39, 0.29) is 12.6 Å². The largest absolute Gasteiger partial charge is 0.244 e. The van der Waals surface area contributed by atoms with E-state index in [0.717, 1.165) is 5.56 Å². The molecule has 0 aliphatic heterocycles. The molecule has 0 N–H and O–H groups in total. The van der Waals surface area contributed by atoms with Crippen LogP contribution in [0.5, 0.6) is 0 Å². The van der Waals surface area contributed by atoms with Crippen molar-refractivity contribution in [3.63, 3.8) is 0 Å². The Labute approximate surface area is 132 Å². The van der Waals surface area contributed by atoms with Crippen LogP contribution in [0.25, 0.3) is 0 Å². The van der Waals surface area contributed by atoms with Gasteiger partial charge in [0.15, 0.2) is 0 Å². The van der Waals surface area contributed by atoms with Crippen molar-refractivity contribution in [2.45, 2.75) is 31.7 Å². The minimum atomic E-state index is -3.55. The lowest BCUT2D eigenvalue weighted by atomic mass is 10.2. The first-order chi connectivity index (χ1) is 9.93. The van der Waals surface area contributed by atoms with E-state index >= 15 is 0 Å². The van der Waals surface area contributed by atoms with Crippen LogP contribution in [-0.4, -0.2) is 31.6 Å². The van der Waals surface area contributed by atoms with Crippen molar-refractivity contribution in [1.29, 1.82) is 0 Å². The van der Waals surface area contributed by atoms with E-state index in [1.165, 1.54) is 16.1 Å². The molecule has 21 heavy (non-hydrogen) atoms. The van der Waals surface area contributed by atoms with Gasteiger partial charge < -0.3 is 0 Å². The predicted octanol–water partition coefficient (Wildman–Crippen LogP) is 3.27. The monoisotopic (exact) mass is 323 g/mol. The molecule has 0 fully saturated rings. The van der Waals surface area contributed by atoms with Crippen LogP contribution in [0.2, 0.25) is 0 Å². The van der Waals surface area contributed by atoms with Crippen molar-refractivity contribution in [1.82, 2.24) is 4.31 Å². The van der Waals surface area contributed by atoms with E-state index in [1.54, 1.807) is 24.3 Å². The Bertz CT molecular complexity index is 637. The molecule has 0 aliphatic rings. The molecule has 0 heterocycles. The molecule has 0 bridgehead atoms. The summed E-state index contributed by atoms with van der Waals surface area (Å²) in [5.41, 5.74) is 1.03. The van der Waals surface area contributed by atoms with Crippen LogP contribution in [0.1, 0.15) is 19.4 Å². The summed E-state index contributed by atoms with van der Waals surface area (Å²) in [5.74, 6) is 2.89. The molecule has 0 radical (unpaired) electrons. The van der Waals surface area contributed by atoms with Gasteiger partial charge in [-0.05, 0) is 44.4 Å². The Morgan fingerprint density at radius 2 is 1.95 bits per heavy atom. The maximum absolute atomic E-state index is 12.8. The van der Waals surface area contributed by atoms with Gasteiger partial charge in [0.2, 0.25) is 10.0 Å². The highest BCUT2D eigenvalue weighted by atomic mass is 32.2. The lowest BCUT2D eigenvalue weighted by Crippen LogP contribution is -2.37. The number of aryl methyl sites for hydroxylation is 1. The van der Waals surface area contributed by atoms with Crippen LogP contribution in [0.3, 0.4) is 0 Å². The molecule has 1 aromatic rings. The van der Waals surface area contributed by atoms with E-state index < -0.39 is 10.0 Å². The SMILES string of the molecule is C/C=C/C(C)N(CC#CSC)S(=O)(=O)c1ccc(C)cc1. The van der Waals surface area contributed by atoms with Gasteiger partial charge in [0.05, 0.1) is 11.4 Å². The number of hydrogen-bond acceptors (Lipinski definition) is 3. The molecule has 0 spiro atoms. The molecule has 1 rings (SSSR count). The first-order valence-electron chi connectivity index (χ1n) is 6.65. The predicted molar refractivity (Wildman–Crippen MR) is 90.6 cm³/mol. The van der Waals surface area contributed by atoms with Crippen LogP contribution in [0, 0.1) is 18.1 Å². The fraction of sp³-hybridized carbons (Fsp3) is 0.375. The van der Waals surface area contributed by atoms with Gasteiger partial charge >= 0.3 is 0 Å². The minimum absolute atomic E-state index is 0.183. The Balaban J connectivity index is 3.18. The summed E-state index contributed by atoms with van der Waals surface area (Å²) in [5, 5.41) is 2.84. The number of rotatable bonds is 5. The lowest BCUT2D eigenvalue weighted by Gasteiger charge is -2.24. The van der Waals surface area contributed by atoms with Crippen LogP contribution < -0.4 is 0 Å². The van der Waals surface area contributed by atoms with Crippen molar-refractivity contribution < 1.29 is 8.42 Å². The van der Waals surface area contributed by atoms with Gasteiger partial charge in [0.25, 0.3) is 0 Å². The van der Waals surface area contributed by atoms with Crippen LogP contribution in [0.15, 0.2) is 41.3 Å². The smallest absolute Gasteiger partial charge is 0.207 e. The number of sulfonamides is 1. The van der Waals surface area contributed by atoms with Crippen molar-refractivity contribution in [2.75, 3.05) is 12.8 Å². The molecule has 114 valence electrons. The van der Waals surface area contributed by atoms with Gasteiger partial charge in [-0.3, -0.25) is 0 Å². The molecule has 0 saturated carbocycles. The van der Waals surface area contributed by atoms with E-state index in [0.29, 0.717) is 4.90 Å². The Kier molecular flexibility index (Phi) is 7.03. The summed E-state index contributed by atoms with van der Waals surface area (Å²) in [6, 6.07) is 6.65. The van der Waals surface area contributed by atoms with Gasteiger partial charge in [-0.1, -0.05) is 47.5 Å². The fourth-order valence-electron chi connectivity index (χ4n) is 1.85. The van der Waals surface area contributed by atoms with Crippen molar-refractivity contribution in [3.05, 3.63) is 42.0 Å². The van der Waals surface area contributed by atoms with Gasteiger partial charge in [0.1, 0.15) is 0 Å². The maximum atomic E-state index is 12.8. The van der Waals surface area contributed by atoms with Crippen molar-refractivity contribution in [3.8, 4) is 11.2 Å². The number of allylic oxidation sites excluding steroid dienone is 1. The summed E-state index contributed by atoms with van der Waals surface area (Å²) in [4.78, 5) is 0.301. The average molecular weight is 323 g/mol. The van der Waals surface area contributed by atoms with Crippen LogP contribution in [-0.2, 0) is 10.0 Å². The molecule has 3 nitrogen and oxygen atoms in total. The highest BCUT2D eigenvalue weighted by molar-refractivity contribution is 8.03. The van der Waals surface area contributed by atoms with Crippen LogP contribution in [0.4, 0.5) is 0 Å². The fourth-order valence-corrected chi connectivity index (χ4v) is 3.55. The number of thioether (sulfide) groups is 1. The van der Waals surface area contributed by atoms with Gasteiger partial charge in [0, 0.05) is 6.04 Å². The third-order valence-electron chi connectivity index (χ3n) is 2.96. The number of benzene rings is 1. The average Bonchev–Trinajstić information content (AvgIpc) is 2.44. The Hall–Kier alpha value is -1.22. The molecular weight excluding hydrogens is 302 g/mol.